The molecule has 1 aromatic carbocycles. The summed E-state index contributed by atoms with van der Waals surface area (Å²) >= 11 is 0. The van der Waals surface area contributed by atoms with Crippen molar-refractivity contribution in [2.45, 2.75) is 45.3 Å². The molecule has 3 rings (SSSR count). The first-order valence-electron chi connectivity index (χ1n) is 8.88. The molecular formula is C20H25N3O2. The first kappa shape index (κ1) is 17.4. The van der Waals surface area contributed by atoms with Crippen molar-refractivity contribution >= 4 is 11.8 Å². The lowest BCUT2D eigenvalue weighted by molar-refractivity contribution is 0.0690. The van der Waals surface area contributed by atoms with Crippen LogP contribution in [0, 0.1) is 0 Å². The van der Waals surface area contributed by atoms with Crippen LogP contribution in [0.15, 0.2) is 42.5 Å². The Kier molecular flexibility index (Phi) is 5.66. The number of hydrogen-bond acceptors (Lipinski definition) is 4. The van der Waals surface area contributed by atoms with E-state index >= 15 is 0 Å². The number of aromatic nitrogens is 1. The average Bonchev–Trinajstić information content (AvgIpc) is 2.63. The van der Waals surface area contributed by atoms with Gasteiger partial charge in [-0.1, -0.05) is 36.8 Å². The lowest BCUT2D eigenvalue weighted by Gasteiger charge is -2.33. The summed E-state index contributed by atoms with van der Waals surface area (Å²) in [4.78, 5) is 17.7. The molecule has 0 aliphatic carbocycles. The molecule has 1 fully saturated rings. The Labute approximate surface area is 148 Å². The Bertz CT molecular complexity index is 732. The third-order valence-corrected chi connectivity index (χ3v) is 4.86. The number of nitrogens with zero attached hydrogens (tertiary/aromatic N) is 2. The molecule has 0 amide bonds. The van der Waals surface area contributed by atoms with Gasteiger partial charge in [-0.3, -0.25) is 4.90 Å². The Morgan fingerprint density at radius 3 is 2.76 bits per heavy atom. The van der Waals surface area contributed by atoms with E-state index in [4.69, 9.17) is 5.11 Å². The number of carbonyl (C=O) groups is 1. The van der Waals surface area contributed by atoms with E-state index < -0.39 is 5.97 Å². The summed E-state index contributed by atoms with van der Waals surface area (Å²) < 4.78 is 0. The van der Waals surface area contributed by atoms with Crippen molar-refractivity contribution in [1.29, 1.82) is 0 Å². The predicted octanol–water partition coefficient (Wildman–Crippen LogP) is 3.77. The largest absolute Gasteiger partial charge is 0.477 e. The fraction of sp³-hybridized carbons (Fsp3) is 0.400. The molecule has 0 saturated carbocycles. The van der Waals surface area contributed by atoms with Crippen LogP contribution in [0.2, 0.25) is 0 Å². The van der Waals surface area contributed by atoms with Crippen molar-refractivity contribution in [3.63, 3.8) is 0 Å². The maximum Gasteiger partial charge on any atom is 0.354 e. The summed E-state index contributed by atoms with van der Waals surface area (Å²) in [6.07, 6.45) is 3.87. The van der Waals surface area contributed by atoms with Gasteiger partial charge in [0.1, 0.15) is 5.82 Å². The SMILES string of the molecule is CC1CCCCN1Cc1ccccc1CNc1cccc(C(=O)O)n1. The maximum absolute atomic E-state index is 11.0. The number of pyridine rings is 1. The van der Waals surface area contributed by atoms with Crippen molar-refractivity contribution in [2.75, 3.05) is 11.9 Å². The summed E-state index contributed by atoms with van der Waals surface area (Å²) in [5.74, 6) is -0.427. The fourth-order valence-corrected chi connectivity index (χ4v) is 3.33. The standard InChI is InChI=1S/C20H25N3O2/c1-15-7-4-5-12-23(15)14-17-9-3-2-8-16(17)13-21-19-11-6-10-18(22-19)20(24)25/h2-3,6,8-11,15H,4-5,7,12-14H2,1H3,(H,21,22)(H,24,25). The van der Waals surface area contributed by atoms with E-state index in [1.807, 2.05) is 6.07 Å². The van der Waals surface area contributed by atoms with Crippen molar-refractivity contribution in [1.82, 2.24) is 9.88 Å². The number of hydrogen-bond donors (Lipinski definition) is 2. The molecule has 1 atom stereocenters. The quantitative estimate of drug-likeness (QED) is 0.839. The first-order valence-corrected chi connectivity index (χ1v) is 8.88. The van der Waals surface area contributed by atoms with E-state index in [0.717, 1.165) is 13.1 Å². The zero-order valence-electron chi connectivity index (χ0n) is 14.6. The van der Waals surface area contributed by atoms with Crippen LogP contribution in [-0.4, -0.2) is 33.5 Å². The molecule has 0 spiro atoms. The highest BCUT2D eigenvalue weighted by Crippen LogP contribution is 2.21. The molecule has 5 nitrogen and oxygen atoms in total. The minimum atomic E-state index is -1.01. The third kappa shape index (κ3) is 4.57. The summed E-state index contributed by atoms with van der Waals surface area (Å²) in [6.45, 7) is 5.06. The van der Waals surface area contributed by atoms with Gasteiger partial charge in [-0.25, -0.2) is 9.78 Å². The topological polar surface area (TPSA) is 65.5 Å². The van der Waals surface area contributed by atoms with Crippen molar-refractivity contribution in [3.05, 3.63) is 59.3 Å². The lowest BCUT2D eigenvalue weighted by Crippen LogP contribution is -2.37. The van der Waals surface area contributed by atoms with Gasteiger partial charge >= 0.3 is 5.97 Å². The number of carboxylic acids is 1. The zero-order chi connectivity index (χ0) is 17.6. The van der Waals surface area contributed by atoms with E-state index in [9.17, 15) is 4.79 Å². The number of anilines is 1. The molecule has 2 N–H and O–H groups in total. The second kappa shape index (κ2) is 8.12. The average molecular weight is 339 g/mol. The predicted molar refractivity (Wildman–Crippen MR) is 98.7 cm³/mol. The van der Waals surface area contributed by atoms with Crippen LogP contribution < -0.4 is 5.32 Å². The van der Waals surface area contributed by atoms with Gasteiger partial charge in [-0.15, -0.1) is 0 Å². The summed E-state index contributed by atoms with van der Waals surface area (Å²) in [6, 6.07) is 14.1. The summed E-state index contributed by atoms with van der Waals surface area (Å²) in [7, 11) is 0. The molecule has 1 aromatic heterocycles. The second-order valence-electron chi connectivity index (χ2n) is 6.65. The van der Waals surface area contributed by atoms with Crippen LogP contribution in [0.3, 0.4) is 0 Å². The van der Waals surface area contributed by atoms with E-state index in [1.54, 1.807) is 12.1 Å². The molecule has 2 heterocycles. The Morgan fingerprint density at radius 1 is 1.20 bits per heavy atom. The van der Waals surface area contributed by atoms with Crippen molar-refractivity contribution < 1.29 is 9.90 Å². The maximum atomic E-state index is 11.0. The van der Waals surface area contributed by atoms with Gasteiger partial charge in [0.25, 0.3) is 0 Å². The fourth-order valence-electron chi connectivity index (χ4n) is 3.33. The number of likely N-dealkylation sites (tertiary alicyclic amines) is 1. The van der Waals surface area contributed by atoms with E-state index in [1.165, 1.54) is 36.5 Å². The smallest absolute Gasteiger partial charge is 0.354 e. The Balaban J connectivity index is 1.68. The summed E-state index contributed by atoms with van der Waals surface area (Å²) in [5.41, 5.74) is 2.60. The second-order valence-corrected chi connectivity index (χ2v) is 6.65. The highest BCUT2D eigenvalue weighted by Gasteiger charge is 2.19. The number of rotatable bonds is 6. The number of benzene rings is 1. The minimum absolute atomic E-state index is 0.0560. The highest BCUT2D eigenvalue weighted by molar-refractivity contribution is 5.85. The first-order chi connectivity index (χ1) is 12.1. The van der Waals surface area contributed by atoms with E-state index in [0.29, 0.717) is 18.4 Å². The zero-order valence-corrected chi connectivity index (χ0v) is 14.6. The monoisotopic (exact) mass is 339 g/mol. The molecule has 0 radical (unpaired) electrons. The van der Waals surface area contributed by atoms with Gasteiger partial charge in [-0.05, 0) is 49.6 Å². The molecule has 0 bridgehead atoms. The van der Waals surface area contributed by atoms with Crippen molar-refractivity contribution in [2.24, 2.45) is 0 Å². The number of carboxylic acid groups (broad SMARTS) is 1. The molecule has 5 heteroatoms. The molecule has 1 aliphatic rings. The van der Waals surface area contributed by atoms with Gasteiger partial charge in [-0.2, -0.15) is 0 Å². The van der Waals surface area contributed by atoms with Crippen LogP contribution in [0.25, 0.3) is 0 Å². The van der Waals surface area contributed by atoms with Gasteiger partial charge in [0, 0.05) is 19.1 Å². The van der Waals surface area contributed by atoms with Gasteiger partial charge < -0.3 is 10.4 Å². The van der Waals surface area contributed by atoms with Gasteiger partial charge in [0.05, 0.1) is 0 Å². The summed E-state index contributed by atoms with van der Waals surface area (Å²) in [5, 5.41) is 12.3. The normalized spacial score (nSPS) is 18.0. The van der Waals surface area contributed by atoms with Crippen LogP contribution in [0.4, 0.5) is 5.82 Å². The van der Waals surface area contributed by atoms with E-state index in [2.05, 4.69) is 40.3 Å². The number of aromatic carboxylic acids is 1. The Hall–Kier alpha value is -2.40. The number of nitrogens with one attached hydrogen (secondary N) is 1. The molecule has 1 saturated heterocycles. The molecule has 132 valence electrons. The molecule has 25 heavy (non-hydrogen) atoms. The number of piperidine rings is 1. The minimum Gasteiger partial charge on any atom is -0.477 e. The van der Waals surface area contributed by atoms with Crippen molar-refractivity contribution in [3.8, 4) is 0 Å². The Morgan fingerprint density at radius 2 is 2.00 bits per heavy atom. The lowest BCUT2D eigenvalue weighted by atomic mass is 10.0. The van der Waals surface area contributed by atoms with E-state index in [-0.39, 0.29) is 5.69 Å². The van der Waals surface area contributed by atoms with Gasteiger partial charge in [0.15, 0.2) is 5.69 Å². The van der Waals surface area contributed by atoms with Crippen LogP contribution in [-0.2, 0) is 13.1 Å². The molecular weight excluding hydrogens is 314 g/mol. The third-order valence-electron chi connectivity index (χ3n) is 4.86. The van der Waals surface area contributed by atoms with Crippen LogP contribution in [0.1, 0.15) is 47.8 Å². The van der Waals surface area contributed by atoms with Gasteiger partial charge in [0.2, 0.25) is 0 Å². The van der Waals surface area contributed by atoms with Crippen LogP contribution in [0.5, 0.6) is 0 Å². The highest BCUT2D eigenvalue weighted by atomic mass is 16.4. The molecule has 1 unspecified atom stereocenters. The van der Waals surface area contributed by atoms with Crippen LogP contribution >= 0.6 is 0 Å². The molecule has 1 aliphatic heterocycles. The molecule has 2 aromatic rings.